The molecule has 1 saturated carbocycles. The van der Waals surface area contributed by atoms with Crippen molar-refractivity contribution in [2.75, 3.05) is 6.54 Å². The Bertz CT molecular complexity index is 384. The zero-order valence-electron chi connectivity index (χ0n) is 11.5. The van der Waals surface area contributed by atoms with Gasteiger partial charge in [-0.05, 0) is 32.1 Å². The van der Waals surface area contributed by atoms with E-state index >= 15 is 0 Å². The van der Waals surface area contributed by atoms with Gasteiger partial charge in [-0.15, -0.1) is 0 Å². The third-order valence-corrected chi connectivity index (χ3v) is 3.73. The summed E-state index contributed by atoms with van der Waals surface area (Å²) >= 11 is 0. The van der Waals surface area contributed by atoms with E-state index in [0.29, 0.717) is 12.1 Å². The van der Waals surface area contributed by atoms with Crippen molar-refractivity contribution >= 4 is 5.91 Å². The van der Waals surface area contributed by atoms with Crippen molar-refractivity contribution in [3.8, 4) is 0 Å². The summed E-state index contributed by atoms with van der Waals surface area (Å²) in [5.41, 5.74) is 5.93. The minimum atomic E-state index is 0.132. The summed E-state index contributed by atoms with van der Waals surface area (Å²) in [5.74, 6) is 0.132. The molecule has 0 unspecified atom stereocenters. The van der Waals surface area contributed by atoms with Crippen LogP contribution in [0.1, 0.15) is 39.0 Å². The van der Waals surface area contributed by atoms with Crippen molar-refractivity contribution in [2.45, 2.75) is 57.7 Å². The predicted octanol–water partition coefficient (Wildman–Crippen LogP) is 0.787. The van der Waals surface area contributed by atoms with E-state index in [9.17, 15) is 4.79 Å². The summed E-state index contributed by atoms with van der Waals surface area (Å²) < 4.78 is 1.58. The number of amides is 1. The zero-order valence-corrected chi connectivity index (χ0v) is 11.5. The minimum Gasteiger partial charge on any atom is -0.338 e. The monoisotopic (exact) mass is 265 g/mol. The van der Waals surface area contributed by atoms with Gasteiger partial charge in [0.2, 0.25) is 5.91 Å². The van der Waals surface area contributed by atoms with Crippen LogP contribution >= 0.6 is 0 Å². The van der Waals surface area contributed by atoms with Crippen LogP contribution in [0.5, 0.6) is 0 Å². The van der Waals surface area contributed by atoms with Gasteiger partial charge in [0.25, 0.3) is 0 Å². The molecule has 2 rings (SSSR count). The lowest BCUT2D eigenvalue weighted by Crippen LogP contribution is -2.45. The molecule has 1 aromatic rings. The Morgan fingerprint density at radius 1 is 1.42 bits per heavy atom. The number of nitrogens with zero attached hydrogens (tertiary/aromatic N) is 4. The van der Waals surface area contributed by atoms with Crippen LogP contribution in [0.4, 0.5) is 0 Å². The molecule has 19 heavy (non-hydrogen) atoms. The SMILES string of the molecule is CCCN(C(=O)Cn1cncn1)C1CCC(N)CC1. The first-order valence-electron chi connectivity index (χ1n) is 7.08. The van der Waals surface area contributed by atoms with E-state index in [2.05, 4.69) is 17.0 Å². The third kappa shape index (κ3) is 3.76. The highest BCUT2D eigenvalue weighted by Crippen LogP contribution is 2.22. The summed E-state index contributed by atoms with van der Waals surface area (Å²) in [6, 6.07) is 0.654. The van der Waals surface area contributed by atoms with Crippen LogP contribution in [0.3, 0.4) is 0 Å². The second-order valence-electron chi connectivity index (χ2n) is 5.25. The van der Waals surface area contributed by atoms with Gasteiger partial charge in [-0.2, -0.15) is 5.10 Å². The molecule has 0 atom stereocenters. The molecule has 1 heterocycles. The molecule has 0 saturated heterocycles. The number of nitrogens with two attached hydrogens (primary N) is 1. The number of carbonyl (C=O) groups excluding carboxylic acids is 1. The maximum atomic E-state index is 12.4. The second-order valence-corrected chi connectivity index (χ2v) is 5.25. The Morgan fingerprint density at radius 2 is 2.16 bits per heavy atom. The first kappa shape index (κ1) is 14.0. The normalized spacial score (nSPS) is 23.3. The van der Waals surface area contributed by atoms with Gasteiger partial charge in [-0.3, -0.25) is 4.79 Å². The minimum absolute atomic E-state index is 0.132. The van der Waals surface area contributed by atoms with Crippen molar-refractivity contribution in [3.05, 3.63) is 12.7 Å². The molecule has 1 amide bonds. The maximum Gasteiger partial charge on any atom is 0.244 e. The average Bonchev–Trinajstić information content (AvgIpc) is 2.90. The van der Waals surface area contributed by atoms with E-state index in [0.717, 1.165) is 38.6 Å². The highest BCUT2D eigenvalue weighted by Gasteiger charge is 2.27. The van der Waals surface area contributed by atoms with E-state index in [1.165, 1.54) is 6.33 Å². The molecule has 0 spiro atoms. The number of hydrogen-bond acceptors (Lipinski definition) is 4. The molecule has 1 aliphatic carbocycles. The summed E-state index contributed by atoms with van der Waals surface area (Å²) in [6.45, 7) is 3.19. The lowest BCUT2D eigenvalue weighted by atomic mass is 9.90. The van der Waals surface area contributed by atoms with Gasteiger partial charge >= 0.3 is 0 Å². The number of rotatable bonds is 5. The number of carbonyl (C=O) groups is 1. The Labute approximate surface area is 114 Å². The van der Waals surface area contributed by atoms with Gasteiger partial charge < -0.3 is 10.6 Å². The molecule has 2 N–H and O–H groups in total. The molecule has 0 aromatic carbocycles. The highest BCUT2D eigenvalue weighted by molar-refractivity contribution is 5.76. The van der Waals surface area contributed by atoms with Gasteiger partial charge in [-0.1, -0.05) is 6.92 Å². The smallest absolute Gasteiger partial charge is 0.244 e. The van der Waals surface area contributed by atoms with Crippen molar-refractivity contribution in [3.63, 3.8) is 0 Å². The molecule has 106 valence electrons. The van der Waals surface area contributed by atoms with Gasteiger partial charge in [0.05, 0.1) is 0 Å². The van der Waals surface area contributed by atoms with Gasteiger partial charge in [0.15, 0.2) is 0 Å². The van der Waals surface area contributed by atoms with E-state index in [4.69, 9.17) is 5.73 Å². The van der Waals surface area contributed by atoms with Crippen molar-refractivity contribution in [1.82, 2.24) is 19.7 Å². The number of aromatic nitrogens is 3. The Morgan fingerprint density at radius 3 is 2.74 bits per heavy atom. The quantitative estimate of drug-likeness (QED) is 0.853. The summed E-state index contributed by atoms with van der Waals surface area (Å²) in [7, 11) is 0. The lowest BCUT2D eigenvalue weighted by molar-refractivity contribution is -0.135. The molecule has 1 fully saturated rings. The van der Waals surface area contributed by atoms with E-state index < -0.39 is 0 Å². The topological polar surface area (TPSA) is 77.0 Å². The van der Waals surface area contributed by atoms with Crippen LogP contribution in [0.2, 0.25) is 0 Å². The molecule has 0 radical (unpaired) electrons. The van der Waals surface area contributed by atoms with Crippen molar-refractivity contribution in [2.24, 2.45) is 5.73 Å². The number of hydrogen-bond donors (Lipinski definition) is 1. The zero-order chi connectivity index (χ0) is 13.7. The fraction of sp³-hybridized carbons (Fsp3) is 0.769. The molecule has 6 heteroatoms. The van der Waals surface area contributed by atoms with Crippen LogP contribution in [-0.2, 0) is 11.3 Å². The maximum absolute atomic E-state index is 12.4. The Hall–Kier alpha value is -1.43. The van der Waals surface area contributed by atoms with E-state index in [1.807, 2.05) is 4.90 Å². The molecule has 6 nitrogen and oxygen atoms in total. The van der Waals surface area contributed by atoms with Crippen LogP contribution in [0.15, 0.2) is 12.7 Å². The predicted molar refractivity (Wildman–Crippen MR) is 72.3 cm³/mol. The Balaban J connectivity index is 1.96. The van der Waals surface area contributed by atoms with Gasteiger partial charge in [0.1, 0.15) is 19.2 Å². The molecule has 0 aliphatic heterocycles. The average molecular weight is 265 g/mol. The van der Waals surface area contributed by atoms with E-state index in [1.54, 1.807) is 11.0 Å². The van der Waals surface area contributed by atoms with E-state index in [-0.39, 0.29) is 12.5 Å². The first-order valence-corrected chi connectivity index (χ1v) is 7.08. The van der Waals surface area contributed by atoms with Crippen molar-refractivity contribution < 1.29 is 4.79 Å². The molecule has 0 bridgehead atoms. The summed E-state index contributed by atoms with van der Waals surface area (Å²) in [5, 5.41) is 3.99. The molecule has 1 aromatic heterocycles. The van der Waals surface area contributed by atoms with Gasteiger partial charge in [-0.25, -0.2) is 9.67 Å². The van der Waals surface area contributed by atoms with Crippen LogP contribution < -0.4 is 5.73 Å². The molecular formula is C13H23N5O. The largest absolute Gasteiger partial charge is 0.338 e. The summed E-state index contributed by atoms with van der Waals surface area (Å²) in [6.07, 6.45) is 8.08. The van der Waals surface area contributed by atoms with Crippen molar-refractivity contribution in [1.29, 1.82) is 0 Å². The second kappa shape index (κ2) is 6.65. The fourth-order valence-corrected chi connectivity index (χ4v) is 2.71. The Kier molecular flexibility index (Phi) is 4.90. The standard InChI is InChI=1S/C13H23N5O/c1-2-7-18(12-5-3-11(14)4-6-12)13(19)8-17-10-15-9-16-17/h9-12H,2-8,14H2,1H3. The molecule has 1 aliphatic rings. The molecular weight excluding hydrogens is 242 g/mol. The highest BCUT2D eigenvalue weighted by atomic mass is 16.2. The lowest BCUT2D eigenvalue weighted by Gasteiger charge is -2.36. The first-order chi connectivity index (χ1) is 9.20. The fourth-order valence-electron chi connectivity index (χ4n) is 2.71. The van der Waals surface area contributed by atoms with Crippen LogP contribution in [0, 0.1) is 0 Å². The summed E-state index contributed by atoms with van der Waals surface area (Å²) in [4.78, 5) is 18.3. The van der Waals surface area contributed by atoms with Crippen LogP contribution in [-0.4, -0.2) is 44.2 Å². The van der Waals surface area contributed by atoms with Gasteiger partial charge in [0, 0.05) is 18.6 Å². The third-order valence-electron chi connectivity index (χ3n) is 3.73. The van der Waals surface area contributed by atoms with Crippen LogP contribution in [0.25, 0.3) is 0 Å².